The number of phosphoric acid groups is 1. The molecule has 0 aliphatic carbocycles. The largest absolute Gasteiger partial charge is 0.756 e. The third-order valence-corrected chi connectivity index (χ3v) is 17.3. The molecule has 0 spiro atoms. The first-order valence-corrected chi connectivity index (χ1v) is 36.8. The number of hydrogen-bond donors (Lipinski definition) is 2. The highest BCUT2D eigenvalue weighted by atomic mass is 31.2. The Bertz CT molecular complexity index is 1400. The summed E-state index contributed by atoms with van der Waals surface area (Å²) in [5, 5.41) is 14.0. The van der Waals surface area contributed by atoms with Crippen LogP contribution in [0.3, 0.4) is 0 Å². The summed E-state index contributed by atoms with van der Waals surface area (Å²) in [6.45, 7) is 4.70. The number of hydrogen-bond acceptors (Lipinski definition) is 6. The number of carbonyl (C=O) groups is 1. The van der Waals surface area contributed by atoms with E-state index in [0.29, 0.717) is 17.4 Å². The van der Waals surface area contributed by atoms with Crippen LogP contribution in [-0.4, -0.2) is 68.5 Å². The standard InChI is InChI=1S/C71H139N2O6P/c1-6-8-10-12-14-16-18-20-22-24-26-28-30-32-34-35-36-37-39-40-42-44-46-48-50-52-54-56-58-60-62-64-70(74)69(68-79-80(76,77)78-67-66-73(3,4)5)72-71(75)65-63-61-59-57-55-53-51-49-47-45-43-41-38-33-31-29-27-25-23-21-19-17-15-13-11-9-7-2/h19,21,25,27,62,64,69-70,74H,6-18,20,22-24,26,28-61,63,65-68H2,1-5H3,(H-,72,75,76,77)/b21-19-,27-25-,64-62+. The maximum Gasteiger partial charge on any atom is 0.268 e. The van der Waals surface area contributed by atoms with Crippen molar-refractivity contribution in [1.82, 2.24) is 5.32 Å². The molecule has 0 bridgehead atoms. The third-order valence-electron chi connectivity index (χ3n) is 16.3. The van der Waals surface area contributed by atoms with Gasteiger partial charge in [-0.1, -0.05) is 339 Å². The highest BCUT2D eigenvalue weighted by molar-refractivity contribution is 7.45. The Morgan fingerprint density at radius 2 is 0.725 bits per heavy atom. The van der Waals surface area contributed by atoms with Crippen LogP contribution >= 0.6 is 7.82 Å². The van der Waals surface area contributed by atoms with E-state index >= 15 is 0 Å². The summed E-state index contributed by atoms with van der Waals surface area (Å²) in [4.78, 5) is 25.6. The van der Waals surface area contributed by atoms with E-state index < -0.39 is 20.0 Å². The predicted octanol–water partition coefficient (Wildman–Crippen LogP) is 21.8. The lowest BCUT2D eigenvalue weighted by atomic mass is 10.0. The summed E-state index contributed by atoms with van der Waals surface area (Å²) in [5.74, 6) is -0.191. The maximum atomic E-state index is 13.0. The lowest BCUT2D eigenvalue weighted by Gasteiger charge is -2.29. The zero-order valence-electron chi connectivity index (χ0n) is 54.3. The van der Waals surface area contributed by atoms with Crippen molar-refractivity contribution in [3.8, 4) is 0 Å². The Morgan fingerprint density at radius 3 is 1.04 bits per heavy atom. The smallest absolute Gasteiger partial charge is 0.268 e. The third kappa shape index (κ3) is 64.3. The molecule has 1 amide bonds. The molecule has 3 unspecified atom stereocenters. The fourth-order valence-corrected chi connectivity index (χ4v) is 11.6. The molecule has 3 atom stereocenters. The van der Waals surface area contributed by atoms with Gasteiger partial charge in [-0.25, -0.2) is 0 Å². The van der Waals surface area contributed by atoms with Crippen LogP contribution in [0.1, 0.15) is 361 Å². The number of rotatable bonds is 66. The van der Waals surface area contributed by atoms with Crippen molar-refractivity contribution < 1.29 is 32.9 Å². The summed E-state index contributed by atoms with van der Waals surface area (Å²) in [7, 11) is 1.28. The molecule has 0 aromatic heterocycles. The molecule has 0 aliphatic heterocycles. The lowest BCUT2D eigenvalue weighted by Crippen LogP contribution is -2.45. The van der Waals surface area contributed by atoms with Gasteiger partial charge in [0.15, 0.2) is 0 Å². The average Bonchev–Trinajstić information content (AvgIpc) is 3.42. The van der Waals surface area contributed by atoms with Crippen molar-refractivity contribution in [2.45, 2.75) is 373 Å². The van der Waals surface area contributed by atoms with Gasteiger partial charge in [-0.3, -0.25) is 9.36 Å². The number of nitrogens with zero attached hydrogens (tertiary/aromatic N) is 1. The van der Waals surface area contributed by atoms with E-state index in [1.807, 2.05) is 27.2 Å². The molecule has 0 rings (SSSR count). The van der Waals surface area contributed by atoms with Gasteiger partial charge in [0, 0.05) is 6.42 Å². The summed E-state index contributed by atoms with van der Waals surface area (Å²) in [6, 6.07) is -0.888. The minimum Gasteiger partial charge on any atom is -0.756 e. The molecular weight excluding hydrogens is 1010 g/mol. The topological polar surface area (TPSA) is 108 Å². The van der Waals surface area contributed by atoms with Crippen molar-refractivity contribution in [1.29, 1.82) is 0 Å². The predicted molar refractivity (Wildman–Crippen MR) is 348 cm³/mol. The van der Waals surface area contributed by atoms with Crippen molar-refractivity contribution in [3.63, 3.8) is 0 Å². The van der Waals surface area contributed by atoms with Gasteiger partial charge in [-0.15, -0.1) is 0 Å². The van der Waals surface area contributed by atoms with E-state index in [1.54, 1.807) is 6.08 Å². The van der Waals surface area contributed by atoms with E-state index in [4.69, 9.17) is 9.05 Å². The number of amides is 1. The van der Waals surface area contributed by atoms with Gasteiger partial charge in [0.2, 0.25) is 5.91 Å². The molecule has 474 valence electrons. The summed E-state index contributed by atoms with van der Waals surface area (Å²) in [6.07, 6.45) is 82.7. The van der Waals surface area contributed by atoms with Gasteiger partial charge in [0.1, 0.15) is 13.2 Å². The highest BCUT2D eigenvalue weighted by Crippen LogP contribution is 2.38. The molecule has 0 aromatic rings. The van der Waals surface area contributed by atoms with Crippen LogP contribution in [-0.2, 0) is 18.4 Å². The molecule has 0 fully saturated rings. The number of aliphatic hydroxyl groups excluding tert-OH is 1. The molecule has 0 saturated carbocycles. The van der Waals surface area contributed by atoms with Gasteiger partial charge < -0.3 is 28.8 Å². The first-order valence-electron chi connectivity index (χ1n) is 35.4. The Kier molecular flexibility index (Phi) is 61.3. The van der Waals surface area contributed by atoms with E-state index in [1.165, 1.54) is 295 Å². The van der Waals surface area contributed by atoms with Crippen LogP contribution < -0.4 is 10.2 Å². The number of quaternary nitrogens is 1. The zero-order chi connectivity index (χ0) is 58.4. The van der Waals surface area contributed by atoms with Crippen LogP contribution in [0, 0.1) is 0 Å². The molecule has 8 nitrogen and oxygen atoms in total. The van der Waals surface area contributed by atoms with E-state index in [-0.39, 0.29) is 19.1 Å². The molecule has 0 saturated heterocycles. The highest BCUT2D eigenvalue weighted by Gasteiger charge is 2.23. The zero-order valence-corrected chi connectivity index (χ0v) is 55.2. The van der Waals surface area contributed by atoms with Gasteiger partial charge in [0.05, 0.1) is 39.9 Å². The van der Waals surface area contributed by atoms with Crippen LogP contribution in [0.2, 0.25) is 0 Å². The fourth-order valence-electron chi connectivity index (χ4n) is 10.8. The number of nitrogens with one attached hydrogen (secondary N) is 1. The number of carbonyl (C=O) groups excluding carboxylic acids is 1. The summed E-state index contributed by atoms with van der Waals surface area (Å²) in [5.41, 5.74) is 0. The molecule has 0 heterocycles. The molecule has 2 N–H and O–H groups in total. The van der Waals surface area contributed by atoms with Crippen LogP contribution in [0.5, 0.6) is 0 Å². The van der Waals surface area contributed by atoms with Crippen molar-refractivity contribution >= 4 is 13.7 Å². The average molecular weight is 1150 g/mol. The second-order valence-electron chi connectivity index (χ2n) is 25.6. The summed E-state index contributed by atoms with van der Waals surface area (Å²) < 4.78 is 23.5. The van der Waals surface area contributed by atoms with Crippen molar-refractivity contribution in [2.24, 2.45) is 0 Å². The van der Waals surface area contributed by atoms with Crippen LogP contribution in [0.4, 0.5) is 0 Å². The molecule has 0 radical (unpaired) electrons. The Morgan fingerprint density at radius 1 is 0.438 bits per heavy atom. The molecular formula is C71H139N2O6P. The summed E-state index contributed by atoms with van der Waals surface area (Å²) >= 11 is 0. The van der Waals surface area contributed by atoms with Crippen molar-refractivity contribution in [3.05, 3.63) is 36.5 Å². The number of allylic oxidation sites excluding steroid dienone is 5. The quantitative estimate of drug-likeness (QED) is 0.0272. The SMILES string of the molecule is CCCCCCC/C=C\C/C=C\CCCCCCCCCCCCCCCCCC(=O)NC(COP(=O)([O-])OCC[N+](C)(C)C)C(O)/C=C/CCCCCCCCCCCCCCCCCCCCCCCCCCCCCCC. The lowest BCUT2D eigenvalue weighted by molar-refractivity contribution is -0.870. The number of phosphoric ester groups is 1. The Hall–Kier alpha value is -1.28. The van der Waals surface area contributed by atoms with E-state index in [0.717, 1.165) is 44.9 Å². The number of unbranched alkanes of at least 4 members (excludes halogenated alkanes) is 49. The van der Waals surface area contributed by atoms with Crippen molar-refractivity contribution in [2.75, 3.05) is 40.9 Å². The van der Waals surface area contributed by atoms with Gasteiger partial charge in [0.25, 0.3) is 7.82 Å². The van der Waals surface area contributed by atoms with Crippen LogP contribution in [0.15, 0.2) is 36.5 Å². The van der Waals surface area contributed by atoms with E-state index in [9.17, 15) is 19.4 Å². The van der Waals surface area contributed by atoms with Gasteiger partial charge >= 0.3 is 0 Å². The Labute approximate surface area is 499 Å². The number of aliphatic hydroxyl groups is 1. The number of likely N-dealkylation sites (N-methyl/N-ethyl adjacent to an activating group) is 1. The minimum atomic E-state index is -4.60. The van der Waals surface area contributed by atoms with Crippen LogP contribution in [0.25, 0.3) is 0 Å². The molecule has 0 aliphatic rings. The minimum absolute atomic E-state index is 0.000477. The monoisotopic (exact) mass is 1150 g/mol. The molecule has 0 aromatic carbocycles. The molecule has 9 heteroatoms. The second kappa shape index (κ2) is 62.3. The van der Waals surface area contributed by atoms with Gasteiger partial charge in [-0.2, -0.15) is 0 Å². The normalized spacial score (nSPS) is 13.8. The first-order chi connectivity index (χ1) is 39.0. The Balaban J connectivity index is 4.05. The molecule has 80 heavy (non-hydrogen) atoms. The van der Waals surface area contributed by atoms with Gasteiger partial charge in [-0.05, 0) is 51.4 Å². The first kappa shape index (κ1) is 78.7. The van der Waals surface area contributed by atoms with E-state index in [2.05, 4.69) is 43.5 Å². The second-order valence-corrected chi connectivity index (χ2v) is 27.0. The fraction of sp³-hybridized carbons (Fsp3) is 0.901. The maximum absolute atomic E-state index is 13.0.